The average Bonchev–Trinajstić information content (AvgIpc) is 2.36. The van der Waals surface area contributed by atoms with Crippen molar-refractivity contribution in [2.45, 2.75) is 12.6 Å². The van der Waals surface area contributed by atoms with Gasteiger partial charge >= 0.3 is 0 Å². The van der Waals surface area contributed by atoms with E-state index in [1.54, 1.807) is 11.4 Å². The van der Waals surface area contributed by atoms with Crippen LogP contribution in [0.15, 0.2) is 11.4 Å². The summed E-state index contributed by atoms with van der Waals surface area (Å²) in [6.07, 6.45) is -0.657. The Kier molecular flexibility index (Phi) is 3.30. The van der Waals surface area contributed by atoms with Crippen LogP contribution in [-0.4, -0.2) is 6.54 Å². The van der Waals surface area contributed by atoms with Crippen molar-refractivity contribution < 1.29 is 4.39 Å². The summed E-state index contributed by atoms with van der Waals surface area (Å²) < 4.78 is 13.6. The molecule has 4 heteroatoms. The Labute approximate surface area is 74.0 Å². The Hall–Kier alpha value is -0.120. The Morgan fingerprint density at radius 2 is 2.45 bits per heavy atom. The van der Waals surface area contributed by atoms with Gasteiger partial charge in [0.25, 0.3) is 0 Å². The van der Waals surface area contributed by atoms with Crippen molar-refractivity contribution in [2.75, 3.05) is 6.54 Å². The lowest BCUT2D eigenvalue weighted by Gasteiger charge is -2.03. The molecule has 0 amide bonds. The summed E-state index contributed by atoms with van der Waals surface area (Å²) in [6, 6.07) is 1.70. The monoisotopic (exact) mass is 193 g/mol. The molecule has 0 aromatic carbocycles. The third kappa shape index (κ3) is 2.15. The van der Waals surface area contributed by atoms with Crippen LogP contribution < -0.4 is 5.73 Å². The second-order valence-electron chi connectivity index (χ2n) is 2.19. The van der Waals surface area contributed by atoms with Crippen LogP contribution in [0.5, 0.6) is 0 Å². The number of rotatable bonds is 3. The Balaban J connectivity index is 2.67. The fourth-order valence-electron chi connectivity index (χ4n) is 0.830. The molecule has 1 nitrogen and oxygen atoms in total. The third-order valence-corrected chi connectivity index (χ3v) is 2.60. The van der Waals surface area contributed by atoms with Crippen molar-refractivity contribution in [3.8, 4) is 0 Å². The van der Waals surface area contributed by atoms with Gasteiger partial charge in [-0.25, -0.2) is 4.39 Å². The van der Waals surface area contributed by atoms with Crippen molar-refractivity contribution in [3.05, 3.63) is 21.3 Å². The second kappa shape index (κ2) is 4.04. The summed E-state index contributed by atoms with van der Waals surface area (Å²) in [7, 11) is 0. The summed E-state index contributed by atoms with van der Waals surface area (Å²) in [5.41, 5.74) is 5.78. The van der Waals surface area contributed by atoms with E-state index in [9.17, 15) is 4.39 Å². The largest absolute Gasteiger partial charge is 0.330 e. The van der Waals surface area contributed by atoms with Crippen LogP contribution in [-0.2, 0) is 0 Å². The van der Waals surface area contributed by atoms with Crippen LogP contribution in [0.1, 0.15) is 18.2 Å². The molecule has 2 N–H and O–H groups in total. The fourth-order valence-corrected chi connectivity index (χ4v) is 1.83. The van der Waals surface area contributed by atoms with Crippen LogP contribution in [0.2, 0.25) is 4.34 Å². The first kappa shape index (κ1) is 8.97. The zero-order chi connectivity index (χ0) is 8.27. The minimum absolute atomic E-state index is 0.344. The first-order valence-electron chi connectivity index (χ1n) is 3.32. The molecule has 1 aromatic rings. The van der Waals surface area contributed by atoms with Crippen LogP contribution in [0, 0.1) is 0 Å². The second-order valence-corrected chi connectivity index (χ2v) is 3.71. The predicted molar refractivity (Wildman–Crippen MR) is 46.8 cm³/mol. The smallest absolute Gasteiger partial charge is 0.129 e. The topological polar surface area (TPSA) is 26.0 Å². The number of thiophene rings is 1. The minimum atomic E-state index is -1.00. The van der Waals surface area contributed by atoms with Crippen LogP contribution in [0.3, 0.4) is 0 Å². The van der Waals surface area contributed by atoms with E-state index in [0.717, 1.165) is 0 Å². The van der Waals surface area contributed by atoms with Crippen molar-refractivity contribution in [1.82, 2.24) is 0 Å². The molecule has 1 unspecified atom stereocenters. The first-order valence-corrected chi connectivity index (χ1v) is 4.58. The van der Waals surface area contributed by atoms with Crippen LogP contribution >= 0.6 is 22.9 Å². The maximum atomic E-state index is 13.1. The maximum Gasteiger partial charge on any atom is 0.129 e. The standard InChI is InChI=1S/C7H9ClFNS/c8-7-5(2-4-11-7)6(9)1-3-10/h2,4,6H,1,3,10H2. The number of hydrogen-bond acceptors (Lipinski definition) is 2. The Bertz CT molecular complexity index is 226. The van der Waals surface area contributed by atoms with Gasteiger partial charge in [0.05, 0.1) is 4.34 Å². The molecule has 0 radical (unpaired) electrons. The Morgan fingerprint density at radius 3 is 2.91 bits per heavy atom. The molecular weight excluding hydrogens is 185 g/mol. The van der Waals surface area contributed by atoms with Crippen molar-refractivity contribution in [3.63, 3.8) is 0 Å². The molecule has 11 heavy (non-hydrogen) atoms. The molecule has 0 fully saturated rings. The molecule has 1 rings (SSSR count). The molecular formula is C7H9ClFNS. The lowest BCUT2D eigenvalue weighted by atomic mass is 10.1. The van der Waals surface area contributed by atoms with Crippen molar-refractivity contribution in [1.29, 1.82) is 0 Å². The molecule has 0 aliphatic carbocycles. The van der Waals surface area contributed by atoms with E-state index in [0.29, 0.717) is 22.9 Å². The predicted octanol–water partition coefficient (Wildman–Crippen LogP) is 2.76. The highest BCUT2D eigenvalue weighted by molar-refractivity contribution is 7.14. The van der Waals surface area contributed by atoms with E-state index in [1.807, 2.05) is 0 Å². The molecule has 0 saturated carbocycles. The lowest BCUT2D eigenvalue weighted by molar-refractivity contribution is 0.328. The Morgan fingerprint density at radius 1 is 1.73 bits per heavy atom. The number of halogens is 2. The summed E-state index contributed by atoms with van der Waals surface area (Å²) >= 11 is 7.05. The van der Waals surface area contributed by atoms with Crippen molar-refractivity contribution >= 4 is 22.9 Å². The zero-order valence-electron chi connectivity index (χ0n) is 5.89. The summed E-state index contributed by atoms with van der Waals surface area (Å²) in [4.78, 5) is 0. The van der Waals surface area contributed by atoms with Gasteiger partial charge in [-0.2, -0.15) is 0 Å². The fraction of sp³-hybridized carbons (Fsp3) is 0.429. The van der Waals surface area contributed by atoms with Gasteiger partial charge in [-0.15, -0.1) is 11.3 Å². The summed E-state index contributed by atoms with van der Waals surface area (Å²) in [6.45, 7) is 0.355. The van der Waals surface area contributed by atoms with Gasteiger partial charge in [0.15, 0.2) is 0 Å². The van der Waals surface area contributed by atoms with E-state index in [2.05, 4.69) is 0 Å². The number of nitrogens with two attached hydrogens (primary N) is 1. The van der Waals surface area contributed by atoms with E-state index < -0.39 is 6.17 Å². The molecule has 1 atom stereocenters. The summed E-state index contributed by atoms with van der Waals surface area (Å²) in [5.74, 6) is 0. The van der Waals surface area contributed by atoms with Gasteiger partial charge in [-0.05, 0) is 24.4 Å². The van der Waals surface area contributed by atoms with E-state index in [4.69, 9.17) is 17.3 Å². The van der Waals surface area contributed by atoms with Gasteiger partial charge in [0.1, 0.15) is 6.17 Å². The quantitative estimate of drug-likeness (QED) is 0.785. The highest BCUT2D eigenvalue weighted by Gasteiger charge is 2.12. The van der Waals surface area contributed by atoms with Gasteiger partial charge < -0.3 is 5.73 Å². The molecule has 0 bridgehead atoms. The van der Waals surface area contributed by atoms with Gasteiger partial charge in [0, 0.05) is 5.56 Å². The highest BCUT2D eigenvalue weighted by atomic mass is 35.5. The lowest BCUT2D eigenvalue weighted by Crippen LogP contribution is -2.02. The first-order chi connectivity index (χ1) is 5.25. The number of alkyl halides is 1. The molecule has 0 saturated heterocycles. The molecule has 1 heterocycles. The van der Waals surface area contributed by atoms with Crippen LogP contribution in [0.25, 0.3) is 0 Å². The highest BCUT2D eigenvalue weighted by Crippen LogP contribution is 2.31. The normalized spacial score (nSPS) is 13.4. The SMILES string of the molecule is NCCC(F)c1ccsc1Cl. The molecule has 62 valence electrons. The van der Waals surface area contributed by atoms with Crippen molar-refractivity contribution in [2.24, 2.45) is 5.73 Å². The molecule has 0 aliphatic rings. The maximum absolute atomic E-state index is 13.1. The summed E-state index contributed by atoms with van der Waals surface area (Å²) in [5, 5.41) is 1.78. The molecule has 1 aromatic heterocycles. The number of hydrogen-bond donors (Lipinski definition) is 1. The van der Waals surface area contributed by atoms with Crippen LogP contribution in [0.4, 0.5) is 4.39 Å². The van der Waals surface area contributed by atoms with E-state index in [-0.39, 0.29) is 0 Å². The van der Waals surface area contributed by atoms with E-state index in [1.165, 1.54) is 11.3 Å². The third-order valence-electron chi connectivity index (χ3n) is 1.40. The minimum Gasteiger partial charge on any atom is -0.330 e. The van der Waals surface area contributed by atoms with Gasteiger partial charge in [-0.1, -0.05) is 11.6 Å². The van der Waals surface area contributed by atoms with E-state index >= 15 is 0 Å². The molecule has 0 spiro atoms. The van der Waals surface area contributed by atoms with Gasteiger partial charge in [-0.3, -0.25) is 0 Å². The zero-order valence-corrected chi connectivity index (χ0v) is 7.46. The molecule has 0 aliphatic heterocycles. The average molecular weight is 194 g/mol. The van der Waals surface area contributed by atoms with Gasteiger partial charge in [0.2, 0.25) is 0 Å².